The third-order valence-electron chi connectivity index (χ3n) is 4.23. The molecule has 3 rings (SSSR count). The van der Waals surface area contributed by atoms with Gasteiger partial charge in [0, 0.05) is 27.1 Å². The molecule has 112 valence electrons. The van der Waals surface area contributed by atoms with Crippen molar-refractivity contribution >= 4 is 22.7 Å². The highest BCUT2D eigenvalue weighted by atomic mass is 32.2. The molecule has 1 aromatic carbocycles. The Bertz CT molecular complexity index is 719. The van der Waals surface area contributed by atoms with Crippen LogP contribution in [-0.4, -0.2) is 10.7 Å². The lowest BCUT2D eigenvalue weighted by molar-refractivity contribution is 0.353. The minimum atomic E-state index is -0.255. The fourth-order valence-electron chi connectivity index (χ4n) is 2.79. The summed E-state index contributed by atoms with van der Waals surface area (Å²) in [6.07, 6.45) is 3.87. The minimum Gasteiger partial charge on any atom is -0.322 e. The van der Waals surface area contributed by atoms with Crippen molar-refractivity contribution in [2.45, 2.75) is 43.9 Å². The maximum Gasteiger partial charge on any atom is 0.253 e. The molecular formula is C17H20FNOS. The predicted octanol–water partition coefficient (Wildman–Crippen LogP) is 4.68. The highest BCUT2D eigenvalue weighted by Crippen LogP contribution is 2.37. The van der Waals surface area contributed by atoms with Crippen molar-refractivity contribution < 1.29 is 4.39 Å². The van der Waals surface area contributed by atoms with Gasteiger partial charge in [-0.1, -0.05) is 20.3 Å². The second-order valence-corrected chi connectivity index (χ2v) is 7.18. The van der Waals surface area contributed by atoms with E-state index >= 15 is 0 Å². The molecule has 0 radical (unpaired) electrons. The van der Waals surface area contributed by atoms with E-state index in [2.05, 4.69) is 4.98 Å². The molecule has 0 aliphatic heterocycles. The first-order valence-electron chi connectivity index (χ1n) is 7.54. The standard InChI is InChI=1S/C17H20FNOS/c1-10(2)15-16(21-9-11-4-3-5-11)13-8-12(18)6-7-14(13)19-17(15)20/h6-8,10-11H,3-5,9H2,1-2H3,(H,19,20). The molecular weight excluding hydrogens is 285 g/mol. The van der Waals surface area contributed by atoms with E-state index in [1.54, 1.807) is 23.9 Å². The van der Waals surface area contributed by atoms with Gasteiger partial charge in [-0.2, -0.15) is 0 Å². The van der Waals surface area contributed by atoms with Crippen LogP contribution in [-0.2, 0) is 0 Å². The van der Waals surface area contributed by atoms with E-state index in [0.717, 1.165) is 33.0 Å². The molecule has 0 bridgehead atoms. The molecule has 0 atom stereocenters. The van der Waals surface area contributed by atoms with Crippen molar-refractivity contribution in [1.82, 2.24) is 4.98 Å². The molecule has 1 fully saturated rings. The third kappa shape index (κ3) is 2.86. The molecule has 0 saturated heterocycles. The second kappa shape index (κ2) is 5.84. The van der Waals surface area contributed by atoms with Crippen LogP contribution in [0.15, 0.2) is 27.9 Å². The van der Waals surface area contributed by atoms with Crippen LogP contribution < -0.4 is 5.56 Å². The van der Waals surface area contributed by atoms with E-state index in [0.29, 0.717) is 0 Å². The highest BCUT2D eigenvalue weighted by Gasteiger charge is 2.21. The number of aromatic nitrogens is 1. The first-order chi connectivity index (χ1) is 10.1. The molecule has 1 saturated carbocycles. The molecule has 4 heteroatoms. The molecule has 21 heavy (non-hydrogen) atoms. The van der Waals surface area contributed by atoms with Crippen LogP contribution in [0, 0.1) is 11.7 Å². The van der Waals surface area contributed by atoms with Crippen LogP contribution in [0.1, 0.15) is 44.6 Å². The number of rotatable bonds is 4. The Hall–Kier alpha value is -1.29. The van der Waals surface area contributed by atoms with Crippen LogP contribution in [0.5, 0.6) is 0 Å². The van der Waals surface area contributed by atoms with E-state index < -0.39 is 0 Å². The van der Waals surface area contributed by atoms with Crippen molar-refractivity contribution in [1.29, 1.82) is 0 Å². The summed E-state index contributed by atoms with van der Waals surface area (Å²) >= 11 is 1.72. The highest BCUT2D eigenvalue weighted by molar-refractivity contribution is 7.99. The first kappa shape index (κ1) is 14.6. The van der Waals surface area contributed by atoms with E-state index in [1.807, 2.05) is 13.8 Å². The van der Waals surface area contributed by atoms with Crippen LogP contribution in [0.25, 0.3) is 10.9 Å². The van der Waals surface area contributed by atoms with Crippen LogP contribution in [0.2, 0.25) is 0 Å². The van der Waals surface area contributed by atoms with Gasteiger partial charge in [0.1, 0.15) is 5.82 Å². The predicted molar refractivity (Wildman–Crippen MR) is 86.7 cm³/mol. The zero-order chi connectivity index (χ0) is 15.0. The number of thioether (sulfide) groups is 1. The van der Waals surface area contributed by atoms with E-state index in [-0.39, 0.29) is 17.3 Å². The lowest BCUT2D eigenvalue weighted by atomic mass is 9.87. The van der Waals surface area contributed by atoms with E-state index in [1.165, 1.54) is 25.3 Å². The lowest BCUT2D eigenvalue weighted by Gasteiger charge is -2.25. The molecule has 0 unspecified atom stereocenters. The van der Waals surface area contributed by atoms with Gasteiger partial charge in [0.05, 0.1) is 0 Å². The monoisotopic (exact) mass is 305 g/mol. The van der Waals surface area contributed by atoms with Gasteiger partial charge in [0.15, 0.2) is 0 Å². The van der Waals surface area contributed by atoms with Crippen LogP contribution in [0.3, 0.4) is 0 Å². The fourth-order valence-corrected chi connectivity index (χ4v) is 4.34. The molecule has 1 N–H and O–H groups in total. The average Bonchev–Trinajstić information content (AvgIpc) is 2.37. The van der Waals surface area contributed by atoms with Crippen molar-refractivity contribution in [3.8, 4) is 0 Å². The summed E-state index contributed by atoms with van der Waals surface area (Å²) in [4.78, 5) is 16.2. The van der Waals surface area contributed by atoms with E-state index in [9.17, 15) is 9.18 Å². The first-order valence-corrected chi connectivity index (χ1v) is 8.53. The summed E-state index contributed by atoms with van der Waals surface area (Å²) in [5.74, 6) is 1.65. The van der Waals surface area contributed by atoms with Crippen molar-refractivity contribution in [2.24, 2.45) is 5.92 Å². The summed E-state index contributed by atoms with van der Waals surface area (Å²) in [6, 6.07) is 4.59. The topological polar surface area (TPSA) is 32.9 Å². The normalized spacial score (nSPS) is 15.6. The quantitative estimate of drug-likeness (QED) is 0.832. The number of benzene rings is 1. The van der Waals surface area contributed by atoms with Gasteiger partial charge in [-0.05, 0) is 42.9 Å². The van der Waals surface area contributed by atoms with Gasteiger partial charge in [0.25, 0.3) is 5.56 Å². The number of nitrogens with one attached hydrogen (secondary N) is 1. The Balaban J connectivity index is 2.12. The Morgan fingerprint density at radius 3 is 2.76 bits per heavy atom. The second-order valence-electron chi connectivity index (χ2n) is 6.15. The Morgan fingerprint density at radius 1 is 1.38 bits per heavy atom. The van der Waals surface area contributed by atoms with Crippen LogP contribution in [0.4, 0.5) is 4.39 Å². The van der Waals surface area contributed by atoms with Crippen molar-refractivity contribution in [3.05, 3.63) is 39.9 Å². The third-order valence-corrected chi connectivity index (χ3v) is 5.60. The SMILES string of the molecule is CC(C)c1c(SCC2CCC2)c2cc(F)ccc2[nH]c1=O. The number of H-pyrrole nitrogens is 1. The van der Waals surface area contributed by atoms with Crippen molar-refractivity contribution in [2.75, 3.05) is 5.75 Å². The smallest absolute Gasteiger partial charge is 0.253 e. The van der Waals surface area contributed by atoms with Crippen LogP contribution >= 0.6 is 11.8 Å². The number of halogens is 1. The summed E-state index contributed by atoms with van der Waals surface area (Å²) < 4.78 is 13.6. The molecule has 1 aliphatic rings. The molecule has 0 spiro atoms. The fraction of sp³-hybridized carbons (Fsp3) is 0.471. The Kier molecular flexibility index (Phi) is 4.07. The summed E-state index contributed by atoms with van der Waals surface area (Å²) in [5, 5.41) is 0.836. The Morgan fingerprint density at radius 2 is 2.14 bits per heavy atom. The van der Waals surface area contributed by atoms with Gasteiger partial charge in [-0.15, -0.1) is 11.8 Å². The molecule has 1 aliphatic carbocycles. The molecule has 2 aromatic rings. The number of aromatic amines is 1. The number of hydrogen-bond donors (Lipinski definition) is 1. The molecule has 1 aromatic heterocycles. The largest absolute Gasteiger partial charge is 0.322 e. The molecule has 0 amide bonds. The molecule has 1 heterocycles. The number of pyridine rings is 1. The summed E-state index contributed by atoms with van der Waals surface area (Å²) in [6.45, 7) is 4.03. The lowest BCUT2D eigenvalue weighted by Crippen LogP contribution is -2.17. The van der Waals surface area contributed by atoms with Gasteiger partial charge >= 0.3 is 0 Å². The van der Waals surface area contributed by atoms with Gasteiger partial charge in [-0.3, -0.25) is 4.79 Å². The van der Waals surface area contributed by atoms with Crippen molar-refractivity contribution in [3.63, 3.8) is 0 Å². The van der Waals surface area contributed by atoms with Gasteiger partial charge in [-0.25, -0.2) is 4.39 Å². The number of fused-ring (bicyclic) bond motifs is 1. The zero-order valence-corrected chi connectivity index (χ0v) is 13.2. The summed E-state index contributed by atoms with van der Waals surface area (Å²) in [5.41, 5.74) is 1.47. The van der Waals surface area contributed by atoms with Gasteiger partial charge < -0.3 is 4.98 Å². The number of hydrogen-bond acceptors (Lipinski definition) is 2. The summed E-state index contributed by atoms with van der Waals surface area (Å²) in [7, 11) is 0. The average molecular weight is 305 g/mol. The van der Waals surface area contributed by atoms with Gasteiger partial charge in [0.2, 0.25) is 0 Å². The molecule has 2 nitrogen and oxygen atoms in total. The maximum atomic E-state index is 13.6. The maximum absolute atomic E-state index is 13.6. The van der Waals surface area contributed by atoms with E-state index in [4.69, 9.17) is 0 Å². The zero-order valence-electron chi connectivity index (χ0n) is 12.4. The Labute approximate surface area is 128 Å². The minimum absolute atomic E-state index is 0.0415.